The number of urea groups is 1. The Kier molecular flexibility index (Phi) is 7.94. The third-order valence-corrected chi connectivity index (χ3v) is 5.62. The van der Waals surface area contributed by atoms with Gasteiger partial charge in [0.15, 0.2) is 0 Å². The third-order valence-electron chi connectivity index (χ3n) is 5.62. The van der Waals surface area contributed by atoms with Crippen molar-refractivity contribution >= 4 is 11.9 Å². The van der Waals surface area contributed by atoms with Crippen molar-refractivity contribution in [1.82, 2.24) is 15.1 Å². The molecule has 2 aromatic rings. The van der Waals surface area contributed by atoms with Crippen LogP contribution in [0.1, 0.15) is 57.3 Å². The molecular formula is C24H33N3O3. The summed E-state index contributed by atoms with van der Waals surface area (Å²) in [4.78, 5) is 29.5. The topological polar surface area (TPSA) is 65.8 Å². The van der Waals surface area contributed by atoms with Crippen molar-refractivity contribution in [2.45, 2.75) is 71.1 Å². The summed E-state index contributed by atoms with van der Waals surface area (Å²) in [7, 11) is 0. The zero-order chi connectivity index (χ0) is 21.3. The van der Waals surface area contributed by atoms with E-state index >= 15 is 0 Å². The molecule has 1 heterocycles. The molecule has 1 saturated carbocycles. The lowest BCUT2D eigenvalue weighted by molar-refractivity contribution is -0.133. The van der Waals surface area contributed by atoms with Crippen LogP contribution in [0.2, 0.25) is 0 Å². The molecule has 30 heavy (non-hydrogen) atoms. The van der Waals surface area contributed by atoms with E-state index in [-0.39, 0.29) is 30.6 Å². The van der Waals surface area contributed by atoms with Crippen molar-refractivity contribution in [2.75, 3.05) is 6.54 Å². The van der Waals surface area contributed by atoms with Crippen molar-refractivity contribution in [1.29, 1.82) is 0 Å². The minimum Gasteiger partial charge on any atom is -0.467 e. The molecule has 0 radical (unpaired) electrons. The highest BCUT2D eigenvalue weighted by atomic mass is 16.3. The molecule has 1 fully saturated rings. The molecule has 0 saturated heterocycles. The number of rotatable bonds is 8. The highest BCUT2D eigenvalue weighted by Crippen LogP contribution is 2.18. The smallest absolute Gasteiger partial charge is 0.318 e. The zero-order valence-corrected chi connectivity index (χ0v) is 18.0. The van der Waals surface area contributed by atoms with Gasteiger partial charge in [0.1, 0.15) is 12.3 Å². The number of hydrogen-bond donors (Lipinski definition) is 1. The fraction of sp³-hybridized carbons (Fsp3) is 0.500. The van der Waals surface area contributed by atoms with Crippen LogP contribution in [0.15, 0.2) is 53.1 Å². The van der Waals surface area contributed by atoms with Crippen molar-refractivity contribution in [2.24, 2.45) is 0 Å². The summed E-state index contributed by atoms with van der Waals surface area (Å²) in [6.07, 6.45) is 7.19. The summed E-state index contributed by atoms with van der Waals surface area (Å²) in [5.74, 6) is 0.629. The second-order valence-corrected chi connectivity index (χ2v) is 8.32. The molecule has 0 atom stereocenters. The van der Waals surface area contributed by atoms with Crippen LogP contribution in [0.4, 0.5) is 4.79 Å². The molecule has 162 valence electrons. The van der Waals surface area contributed by atoms with Crippen molar-refractivity contribution in [3.63, 3.8) is 0 Å². The van der Waals surface area contributed by atoms with Crippen LogP contribution in [0.5, 0.6) is 0 Å². The molecule has 1 aliphatic carbocycles. The van der Waals surface area contributed by atoms with Crippen LogP contribution in [0, 0.1) is 0 Å². The van der Waals surface area contributed by atoms with Crippen LogP contribution in [0.25, 0.3) is 0 Å². The van der Waals surface area contributed by atoms with E-state index in [1.54, 1.807) is 16.1 Å². The lowest BCUT2D eigenvalue weighted by Crippen LogP contribution is -2.51. The third kappa shape index (κ3) is 6.37. The van der Waals surface area contributed by atoms with Crippen molar-refractivity contribution < 1.29 is 14.0 Å². The molecule has 0 unspecified atom stereocenters. The molecule has 1 N–H and O–H groups in total. The summed E-state index contributed by atoms with van der Waals surface area (Å²) >= 11 is 0. The highest BCUT2D eigenvalue weighted by molar-refractivity contribution is 5.84. The second kappa shape index (κ2) is 10.9. The number of carbonyl (C=O) groups is 2. The van der Waals surface area contributed by atoms with E-state index in [0.717, 1.165) is 37.0 Å². The second-order valence-electron chi connectivity index (χ2n) is 8.32. The number of nitrogens with one attached hydrogen (secondary N) is 1. The van der Waals surface area contributed by atoms with E-state index in [1.807, 2.05) is 56.3 Å². The quantitative estimate of drug-likeness (QED) is 0.692. The number of nitrogens with zero attached hydrogens (tertiary/aromatic N) is 2. The zero-order valence-electron chi connectivity index (χ0n) is 18.0. The monoisotopic (exact) mass is 411 g/mol. The van der Waals surface area contributed by atoms with Crippen LogP contribution in [0.3, 0.4) is 0 Å². The molecule has 0 aliphatic heterocycles. The standard InChI is InChI=1S/C24H33N3O3/c1-19(2)27(24(29)25-21-12-7-4-8-13-21)18-23(28)26(17-22-14-9-15-30-22)16-20-10-5-3-6-11-20/h3,5-6,9-11,14-15,19,21H,4,7-8,12-13,16-18H2,1-2H3,(H,25,29). The number of carbonyl (C=O) groups excluding carboxylic acids is 2. The maximum atomic E-state index is 13.2. The Morgan fingerprint density at radius 3 is 2.40 bits per heavy atom. The largest absolute Gasteiger partial charge is 0.467 e. The first-order chi connectivity index (χ1) is 14.5. The van der Waals surface area contributed by atoms with Gasteiger partial charge in [0.2, 0.25) is 5.91 Å². The SMILES string of the molecule is CC(C)N(CC(=O)N(Cc1ccccc1)Cc1ccco1)C(=O)NC1CCCCC1. The van der Waals surface area contributed by atoms with Gasteiger partial charge in [0.05, 0.1) is 12.8 Å². The fourth-order valence-electron chi connectivity index (χ4n) is 3.87. The average Bonchev–Trinajstić information content (AvgIpc) is 3.25. The fourth-order valence-corrected chi connectivity index (χ4v) is 3.87. The predicted molar refractivity (Wildman–Crippen MR) is 117 cm³/mol. The Morgan fingerprint density at radius 2 is 1.77 bits per heavy atom. The van der Waals surface area contributed by atoms with Gasteiger partial charge < -0.3 is 19.5 Å². The van der Waals surface area contributed by atoms with E-state index in [0.29, 0.717) is 13.1 Å². The number of benzene rings is 1. The summed E-state index contributed by atoms with van der Waals surface area (Å²) in [5, 5.41) is 3.14. The summed E-state index contributed by atoms with van der Waals surface area (Å²) < 4.78 is 5.47. The molecule has 0 bridgehead atoms. The van der Waals surface area contributed by atoms with Gasteiger partial charge in [-0.1, -0.05) is 49.6 Å². The first kappa shape index (κ1) is 21.9. The molecule has 3 rings (SSSR count). The molecule has 1 aromatic heterocycles. The van der Waals surface area contributed by atoms with Gasteiger partial charge >= 0.3 is 6.03 Å². The van der Waals surface area contributed by atoms with Crippen LogP contribution < -0.4 is 5.32 Å². The Bertz CT molecular complexity index is 783. The normalized spacial score (nSPS) is 14.5. The molecule has 1 aromatic carbocycles. The average molecular weight is 412 g/mol. The van der Waals surface area contributed by atoms with Crippen LogP contribution >= 0.6 is 0 Å². The first-order valence-corrected chi connectivity index (χ1v) is 10.9. The van der Waals surface area contributed by atoms with Crippen molar-refractivity contribution in [3.8, 4) is 0 Å². The van der Waals surface area contributed by atoms with Gasteiger partial charge in [-0.15, -0.1) is 0 Å². The Labute approximate surface area is 179 Å². The van der Waals surface area contributed by atoms with Gasteiger partial charge in [-0.3, -0.25) is 4.79 Å². The Hall–Kier alpha value is -2.76. The van der Waals surface area contributed by atoms with Gasteiger partial charge in [0, 0.05) is 18.6 Å². The number of furan rings is 1. The van der Waals surface area contributed by atoms with E-state index in [9.17, 15) is 9.59 Å². The van der Waals surface area contributed by atoms with Crippen LogP contribution in [-0.2, 0) is 17.9 Å². The summed E-state index contributed by atoms with van der Waals surface area (Å²) in [6, 6.07) is 13.6. The predicted octanol–water partition coefficient (Wildman–Crippen LogP) is 4.56. The molecular weight excluding hydrogens is 378 g/mol. The van der Waals surface area contributed by atoms with Gasteiger partial charge in [-0.25, -0.2) is 4.79 Å². The van der Waals surface area contributed by atoms with E-state index in [1.165, 1.54) is 6.42 Å². The van der Waals surface area contributed by atoms with Gasteiger partial charge in [0.25, 0.3) is 0 Å². The highest BCUT2D eigenvalue weighted by Gasteiger charge is 2.26. The van der Waals surface area contributed by atoms with E-state index in [4.69, 9.17) is 4.42 Å². The Morgan fingerprint density at radius 1 is 1.03 bits per heavy atom. The van der Waals surface area contributed by atoms with Gasteiger partial charge in [-0.05, 0) is 44.4 Å². The lowest BCUT2D eigenvalue weighted by atomic mass is 9.96. The summed E-state index contributed by atoms with van der Waals surface area (Å²) in [6.45, 7) is 4.78. The minimum absolute atomic E-state index is 0.0454. The molecule has 3 amide bonds. The molecule has 1 aliphatic rings. The lowest BCUT2D eigenvalue weighted by Gasteiger charge is -2.32. The molecule has 0 spiro atoms. The molecule has 6 heteroatoms. The first-order valence-electron chi connectivity index (χ1n) is 10.9. The maximum absolute atomic E-state index is 13.2. The Balaban J connectivity index is 1.68. The minimum atomic E-state index is -0.150. The number of amides is 3. The summed E-state index contributed by atoms with van der Waals surface area (Å²) in [5.41, 5.74) is 1.04. The maximum Gasteiger partial charge on any atom is 0.318 e. The van der Waals surface area contributed by atoms with Crippen molar-refractivity contribution in [3.05, 3.63) is 60.1 Å². The van der Waals surface area contributed by atoms with Crippen LogP contribution in [-0.4, -0.2) is 40.4 Å². The molecule has 6 nitrogen and oxygen atoms in total. The van der Waals surface area contributed by atoms with E-state index in [2.05, 4.69) is 5.32 Å². The van der Waals surface area contributed by atoms with Gasteiger partial charge in [-0.2, -0.15) is 0 Å². The number of hydrogen-bond acceptors (Lipinski definition) is 3. The van der Waals surface area contributed by atoms with E-state index < -0.39 is 0 Å².